The molecule has 29 heavy (non-hydrogen) atoms. The number of hydrogen-bond acceptors (Lipinski definition) is 6. The van der Waals surface area contributed by atoms with E-state index >= 15 is 0 Å². The first-order chi connectivity index (χ1) is 14.3. The number of nitrogens with one attached hydrogen (secondary N) is 1. The topological polar surface area (TPSA) is 93.8 Å². The average Bonchev–Trinajstić information content (AvgIpc) is 3.27. The quantitative estimate of drug-likeness (QED) is 0.524. The van der Waals surface area contributed by atoms with E-state index in [-0.39, 0.29) is 18.4 Å². The van der Waals surface area contributed by atoms with Crippen molar-refractivity contribution in [3.63, 3.8) is 0 Å². The van der Waals surface area contributed by atoms with Gasteiger partial charge in [0.25, 0.3) is 0 Å². The minimum atomic E-state index is -0.323. The van der Waals surface area contributed by atoms with E-state index in [4.69, 9.17) is 4.52 Å². The summed E-state index contributed by atoms with van der Waals surface area (Å²) in [6.07, 6.45) is 3.95. The maximum Gasteiger partial charge on any atom is 0.227 e. The van der Waals surface area contributed by atoms with Gasteiger partial charge in [0.05, 0.1) is 11.7 Å². The molecule has 0 saturated carbocycles. The molecule has 7 heteroatoms. The lowest BCUT2D eigenvalue weighted by atomic mass is 10.0. The van der Waals surface area contributed by atoms with Gasteiger partial charge in [0.15, 0.2) is 0 Å². The molecule has 0 saturated heterocycles. The largest absolute Gasteiger partial charge is 0.344 e. The lowest BCUT2D eigenvalue weighted by molar-refractivity contribution is -0.121. The van der Waals surface area contributed by atoms with Gasteiger partial charge < -0.3 is 9.84 Å². The second-order valence-electron chi connectivity index (χ2n) is 6.39. The minimum absolute atomic E-state index is 0.123. The molecule has 0 spiro atoms. The third kappa shape index (κ3) is 4.70. The summed E-state index contributed by atoms with van der Waals surface area (Å²) >= 11 is 0. The van der Waals surface area contributed by atoms with Crippen molar-refractivity contribution in [3.8, 4) is 11.5 Å². The van der Waals surface area contributed by atoms with E-state index in [1.54, 1.807) is 18.5 Å². The van der Waals surface area contributed by atoms with Gasteiger partial charge in [-0.05, 0) is 29.8 Å². The Kier molecular flexibility index (Phi) is 5.66. The number of nitrogens with zero attached hydrogens (tertiary/aromatic N) is 4. The van der Waals surface area contributed by atoms with Gasteiger partial charge in [0.2, 0.25) is 17.6 Å². The number of aryl methyl sites for hydroxylation is 1. The Morgan fingerprint density at radius 3 is 2.41 bits per heavy atom. The van der Waals surface area contributed by atoms with Gasteiger partial charge in [-0.3, -0.25) is 14.8 Å². The normalized spacial score (nSPS) is 11.7. The summed E-state index contributed by atoms with van der Waals surface area (Å²) in [5.41, 5.74) is 2.38. The van der Waals surface area contributed by atoms with Crippen LogP contribution in [0.2, 0.25) is 0 Å². The highest BCUT2D eigenvalue weighted by atomic mass is 16.5. The molecule has 0 aliphatic carbocycles. The van der Waals surface area contributed by atoms with Crippen molar-refractivity contribution in [1.29, 1.82) is 0 Å². The number of carbonyl (C=O) groups excluding carboxylic acids is 1. The highest BCUT2D eigenvalue weighted by molar-refractivity contribution is 5.77. The molecule has 144 valence electrons. The van der Waals surface area contributed by atoms with Crippen molar-refractivity contribution in [2.24, 2.45) is 0 Å². The third-order valence-corrected chi connectivity index (χ3v) is 4.35. The van der Waals surface area contributed by atoms with Crippen molar-refractivity contribution in [1.82, 2.24) is 25.4 Å². The predicted molar refractivity (Wildman–Crippen MR) is 107 cm³/mol. The van der Waals surface area contributed by atoms with Crippen LogP contribution in [0.5, 0.6) is 0 Å². The molecular weight excluding hydrogens is 366 g/mol. The van der Waals surface area contributed by atoms with Gasteiger partial charge in [0.1, 0.15) is 5.69 Å². The molecule has 1 atom stereocenters. The van der Waals surface area contributed by atoms with Crippen LogP contribution in [0.4, 0.5) is 0 Å². The van der Waals surface area contributed by atoms with Crippen LogP contribution in [0.3, 0.4) is 0 Å². The van der Waals surface area contributed by atoms with Crippen LogP contribution in [-0.2, 0) is 11.2 Å². The lowest BCUT2D eigenvalue weighted by Gasteiger charge is -2.18. The van der Waals surface area contributed by atoms with Crippen LogP contribution in [0.15, 0.2) is 83.6 Å². The van der Waals surface area contributed by atoms with Crippen LogP contribution < -0.4 is 5.32 Å². The van der Waals surface area contributed by atoms with Gasteiger partial charge in [-0.2, -0.15) is 4.98 Å². The summed E-state index contributed by atoms with van der Waals surface area (Å²) in [6, 6.07) is 20.6. The van der Waals surface area contributed by atoms with E-state index in [9.17, 15) is 4.79 Å². The molecule has 3 aromatic heterocycles. The Balaban J connectivity index is 1.42. The van der Waals surface area contributed by atoms with Crippen LogP contribution in [-0.4, -0.2) is 26.0 Å². The van der Waals surface area contributed by atoms with E-state index in [1.807, 2.05) is 60.7 Å². The molecule has 4 rings (SSSR count). The first kappa shape index (κ1) is 18.5. The zero-order chi connectivity index (χ0) is 19.9. The summed E-state index contributed by atoms with van der Waals surface area (Å²) in [7, 11) is 0. The molecular formula is C22H19N5O2. The van der Waals surface area contributed by atoms with E-state index < -0.39 is 0 Å². The zero-order valence-corrected chi connectivity index (χ0v) is 15.6. The smallest absolute Gasteiger partial charge is 0.227 e. The summed E-state index contributed by atoms with van der Waals surface area (Å²) in [5.74, 6) is 0.689. The molecule has 1 N–H and O–H groups in total. The highest BCUT2D eigenvalue weighted by Crippen LogP contribution is 2.20. The fourth-order valence-corrected chi connectivity index (χ4v) is 2.93. The number of pyridine rings is 2. The Morgan fingerprint density at radius 2 is 1.69 bits per heavy atom. The fourth-order valence-electron chi connectivity index (χ4n) is 2.93. The van der Waals surface area contributed by atoms with Crippen LogP contribution in [0, 0.1) is 0 Å². The third-order valence-electron chi connectivity index (χ3n) is 4.35. The van der Waals surface area contributed by atoms with Crippen molar-refractivity contribution >= 4 is 5.91 Å². The lowest BCUT2D eigenvalue weighted by Crippen LogP contribution is -2.30. The van der Waals surface area contributed by atoms with Gasteiger partial charge in [-0.25, -0.2) is 0 Å². The van der Waals surface area contributed by atoms with Crippen molar-refractivity contribution in [3.05, 3.63) is 96.3 Å². The number of benzene rings is 1. The molecule has 3 heterocycles. The average molecular weight is 385 g/mol. The Morgan fingerprint density at radius 1 is 0.931 bits per heavy atom. The van der Waals surface area contributed by atoms with Crippen molar-refractivity contribution in [2.45, 2.75) is 18.9 Å². The highest BCUT2D eigenvalue weighted by Gasteiger charge is 2.18. The van der Waals surface area contributed by atoms with E-state index in [0.29, 0.717) is 23.8 Å². The summed E-state index contributed by atoms with van der Waals surface area (Å²) < 4.78 is 5.25. The van der Waals surface area contributed by atoms with Crippen LogP contribution in [0.1, 0.15) is 29.6 Å². The van der Waals surface area contributed by atoms with Crippen LogP contribution in [0.25, 0.3) is 11.5 Å². The molecule has 1 aromatic carbocycles. The van der Waals surface area contributed by atoms with Gasteiger partial charge in [-0.1, -0.05) is 47.6 Å². The molecule has 0 aliphatic rings. The standard InChI is InChI=1S/C22H19N5O2/c28-19(12-13-20-26-22(27-29-20)18-11-5-7-15-24-18)25-21(16-8-2-1-3-9-16)17-10-4-6-14-23-17/h1-11,14-15,21H,12-13H2,(H,25,28). The van der Waals surface area contributed by atoms with Crippen molar-refractivity contribution in [2.75, 3.05) is 0 Å². The molecule has 1 unspecified atom stereocenters. The van der Waals surface area contributed by atoms with Gasteiger partial charge >= 0.3 is 0 Å². The summed E-state index contributed by atoms with van der Waals surface area (Å²) in [5, 5.41) is 6.98. The van der Waals surface area contributed by atoms with Crippen LogP contribution >= 0.6 is 0 Å². The molecule has 7 nitrogen and oxygen atoms in total. The summed E-state index contributed by atoms with van der Waals surface area (Å²) in [6.45, 7) is 0. The number of amides is 1. The maximum absolute atomic E-state index is 12.6. The monoisotopic (exact) mass is 385 g/mol. The minimum Gasteiger partial charge on any atom is -0.344 e. The predicted octanol–water partition coefficient (Wildman–Crippen LogP) is 3.37. The summed E-state index contributed by atoms with van der Waals surface area (Å²) in [4.78, 5) is 25.5. The maximum atomic E-state index is 12.6. The first-order valence-corrected chi connectivity index (χ1v) is 9.29. The number of hydrogen-bond donors (Lipinski definition) is 1. The number of aromatic nitrogens is 4. The first-order valence-electron chi connectivity index (χ1n) is 9.29. The van der Waals surface area contributed by atoms with Gasteiger partial charge in [0, 0.05) is 25.2 Å². The zero-order valence-electron chi connectivity index (χ0n) is 15.6. The molecule has 0 aliphatic heterocycles. The van der Waals surface area contributed by atoms with Gasteiger partial charge in [-0.15, -0.1) is 0 Å². The SMILES string of the molecule is O=C(CCc1nc(-c2ccccn2)no1)NC(c1ccccc1)c1ccccn1. The fraction of sp³-hybridized carbons (Fsp3) is 0.136. The Bertz CT molecular complexity index is 1010. The van der Waals surface area contributed by atoms with Crippen molar-refractivity contribution < 1.29 is 9.32 Å². The van der Waals surface area contributed by atoms with E-state index in [0.717, 1.165) is 11.3 Å². The molecule has 0 radical (unpaired) electrons. The molecule has 1 amide bonds. The molecule has 4 aromatic rings. The molecule has 0 fully saturated rings. The molecule has 0 bridgehead atoms. The number of carbonyl (C=O) groups is 1. The van der Waals surface area contributed by atoms with E-state index in [2.05, 4.69) is 25.4 Å². The number of rotatable bonds is 7. The Hall–Kier alpha value is -3.87. The second-order valence-corrected chi connectivity index (χ2v) is 6.39. The second kappa shape index (κ2) is 8.88. The van der Waals surface area contributed by atoms with E-state index in [1.165, 1.54) is 0 Å². The Labute approximate surface area is 167 Å².